The summed E-state index contributed by atoms with van der Waals surface area (Å²) in [6.07, 6.45) is 2.33. The van der Waals surface area contributed by atoms with Crippen molar-refractivity contribution in [1.29, 1.82) is 0 Å². The average molecular weight is 263 g/mol. The third kappa shape index (κ3) is 3.15. The molecule has 0 spiro atoms. The Morgan fingerprint density at radius 1 is 1.47 bits per heavy atom. The fourth-order valence-electron chi connectivity index (χ4n) is 1.53. The number of aldehydes is 1. The molecule has 0 aliphatic rings. The molecule has 2 rings (SSSR count). The molecule has 1 aromatic heterocycles. The number of carbonyl (C=O) groups is 1. The number of hydrogen-bond donors (Lipinski definition) is 0. The Bertz CT molecular complexity index is 581. The lowest BCUT2D eigenvalue weighted by Crippen LogP contribution is -2.01. The van der Waals surface area contributed by atoms with Crippen molar-refractivity contribution in [1.82, 2.24) is 15.0 Å². The van der Waals surface area contributed by atoms with Gasteiger partial charge in [-0.1, -0.05) is 5.21 Å². The van der Waals surface area contributed by atoms with E-state index < -0.39 is 5.82 Å². The Hall–Kier alpha value is -2.24. The standard InChI is InChI=1S/C13H14FN3O2/c1-9(2)17-6-12(15-16-17)8-19-13-4-3-11(14)5-10(13)7-18/h3-7,9H,8H2,1-2H3. The van der Waals surface area contributed by atoms with Gasteiger partial charge in [-0.2, -0.15) is 0 Å². The number of hydrogen-bond acceptors (Lipinski definition) is 4. The van der Waals surface area contributed by atoms with Crippen LogP contribution in [-0.4, -0.2) is 21.3 Å². The molecule has 5 nitrogen and oxygen atoms in total. The first kappa shape index (κ1) is 13.2. The van der Waals surface area contributed by atoms with Crippen LogP contribution in [-0.2, 0) is 6.61 Å². The van der Waals surface area contributed by atoms with Gasteiger partial charge < -0.3 is 4.74 Å². The fourth-order valence-corrected chi connectivity index (χ4v) is 1.53. The third-order valence-corrected chi connectivity index (χ3v) is 2.56. The van der Waals surface area contributed by atoms with Crippen LogP contribution in [0.25, 0.3) is 0 Å². The van der Waals surface area contributed by atoms with E-state index in [0.717, 1.165) is 6.07 Å². The summed E-state index contributed by atoms with van der Waals surface area (Å²) < 4.78 is 20.1. The van der Waals surface area contributed by atoms with Gasteiger partial charge in [-0.3, -0.25) is 4.79 Å². The maximum atomic E-state index is 12.9. The molecule has 0 aliphatic carbocycles. The molecule has 0 saturated heterocycles. The first-order valence-electron chi connectivity index (χ1n) is 5.88. The predicted molar refractivity (Wildman–Crippen MR) is 66.5 cm³/mol. The number of ether oxygens (including phenoxy) is 1. The molecule has 0 aliphatic heterocycles. The summed E-state index contributed by atoms with van der Waals surface area (Å²) in [6.45, 7) is 4.16. The van der Waals surface area contributed by atoms with Gasteiger partial charge in [0.25, 0.3) is 0 Å². The minimum atomic E-state index is -0.472. The van der Waals surface area contributed by atoms with Crippen molar-refractivity contribution in [2.45, 2.75) is 26.5 Å². The van der Waals surface area contributed by atoms with Crippen molar-refractivity contribution in [2.24, 2.45) is 0 Å². The molecule has 0 saturated carbocycles. The van der Waals surface area contributed by atoms with Crippen LogP contribution in [0.1, 0.15) is 35.9 Å². The zero-order valence-corrected chi connectivity index (χ0v) is 10.7. The van der Waals surface area contributed by atoms with Crippen molar-refractivity contribution in [3.63, 3.8) is 0 Å². The Balaban J connectivity index is 2.07. The topological polar surface area (TPSA) is 57.0 Å². The summed E-state index contributed by atoms with van der Waals surface area (Å²) in [7, 11) is 0. The molecule has 0 amide bonds. The third-order valence-electron chi connectivity index (χ3n) is 2.56. The van der Waals surface area contributed by atoms with E-state index in [1.165, 1.54) is 12.1 Å². The monoisotopic (exact) mass is 263 g/mol. The van der Waals surface area contributed by atoms with Crippen LogP contribution in [0.2, 0.25) is 0 Å². The zero-order valence-electron chi connectivity index (χ0n) is 10.7. The van der Waals surface area contributed by atoms with Gasteiger partial charge >= 0.3 is 0 Å². The van der Waals surface area contributed by atoms with E-state index in [1.807, 2.05) is 13.8 Å². The van der Waals surface area contributed by atoms with Gasteiger partial charge in [-0.25, -0.2) is 9.07 Å². The van der Waals surface area contributed by atoms with Gasteiger partial charge in [0.2, 0.25) is 0 Å². The number of halogens is 1. The second kappa shape index (κ2) is 5.60. The van der Waals surface area contributed by atoms with E-state index in [-0.39, 0.29) is 18.2 Å². The van der Waals surface area contributed by atoms with Crippen molar-refractivity contribution in [2.75, 3.05) is 0 Å². The smallest absolute Gasteiger partial charge is 0.153 e. The zero-order chi connectivity index (χ0) is 13.8. The molecule has 1 aromatic carbocycles. The molecular weight excluding hydrogens is 249 g/mol. The molecule has 0 radical (unpaired) electrons. The van der Waals surface area contributed by atoms with Gasteiger partial charge in [-0.05, 0) is 32.0 Å². The number of aromatic nitrogens is 3. The molecule has 2 aromatic rings. The molecule has 0 fully saturated rings. The molecular formula is C13H14FN3O2. The van der Waals surface area contributed by atoms with Gasteiger partial charge in [-0.15, -0.1) is 5.10 Å². The van der Waals surface area contributed by atoms with Gasteiger partial charge in [0, 0.05) is 6.04 Å². The van der Waals surface area contributed by atoms with E-state index >= 15 is 0 Å². The number of rotatable bonds is 5. The Morgan fingerprint density at radius 3 is 2.89 bits per heavy atom. The molecule has 19 heavy (non-hydrogen) atoms. The molecule has 6 heteroatoms. The molecule has 100 valence electrons. The summed E-state index contributed by atoms with van der Waals surface area (Å²) in [5.74, 6) is -0.143. The molecule has 0 bridgehead atoms. The van der Waals surface area contributed by atoms with Crippen LogP contribution in [0.15, 0.2) is 24.4 Å². The average Bonchev–Trinajstić information content (AvgIpc) is 2.86. The Labute approximate surface area is 110 Å². The van der Waals surface area contributed by atoms with E-state index in [4.69, 9.17) is 4.74 Å². The molecule has 1 heterocycles. The quantitative estimate of drug-likeness (QED) is 0.777. The van der Waals surface area contributed by atoms with Crippen LogP contribution in [0.3, 0.4) is 0 Å². The van der Waals surface area contributed by atoms with E-state index in [9.17, 15) is 9.18 Å². The second-order valence-electron chi connectivity index (χ2n) is 4.37. The SMILES string of the molecule is CC(C)n1cc(COc2ccc(F)cc2C=O)nn1. The minimum Gasteiger partial charge on any atom is -0.486 e. The summed E-state index contributed by atoms with van der Waals surface area (Å²) in [5, 5.41) is 7.89. The first-order valence-corrected chi connectivity index (χ1v) is 5.88. The van der Waals surface area contributed by atoms with Crippen LogP contribution < -0.4 is 4.74 Å². The van der Waals surface area contributed by atoms with Gasteiger partial charge in [0.1, 0.15) is 23.9 Å². The molecule has 0 N–H and O–H groups in total. The summed E-state index contributed by atoms with van der Waals surface area (Å²) in [6, 6.07) is 4.02. The van der Waals surface area contributed by atoms with Gasteiger partial charge in [0.15, 0.2) is 6.29 Å². The lowest BCUT2D eigenvalue weighted by atomic mass is 10.2. The van der Waals surface area contributed by atoms with Crippen LogP contribution >= 0.6 is 0 Å². The van der Waals surface area contributed by atoms with Crippen molar-refractivity contribution < 1.29 is 13.9 Å². The summed E-state index contributed by atoms with van der Waals surface area (Å²) in [4.78, 5) is 10.8. The highest BCUT2D eigenvalue weighted by Crippen LogP contribution is 2.19. The normalized spacial score (nSPS) is 10.7. The summed E-state index contributed by atoms with van der Waals surface area (Å²) >= 11 is 0. The number of carbonyl (C=O) groups excluding carboxylic acids is 1. The van der Waals surface area contributed by atoms with Crippen LogP contribution in [0.5, 0.6) is 5.75 Å². The van der Waals surface area contributed by atoms with Crippen molar-refractivity contribution in [3.8, 4) is 5.75 Å². The summed E-state index contributed by atoms with van der Waals surface area (Å²) in [5.41, 5.74) is 0.825. The maximum absolute atomic E-state index is 12.9. The lowest BCUT2D eigenvalue weighted by Gasteiger charge is -2.06. The van der Waals surface area contributed by atoms with E-state index in [2.05, 4.69) is 10.3 Å². The van der Waals surface area contributed by atoms with Crippen LogP contribution in [0.4, 0.5) is 4.39 Å². The van der Waals surface area contributed by atoms with Crippen molar-refractivity contribution in [3.05, 3.63) is 41.5 Å². The van der Waals surface area contributed by atoms with E-state index in [1.54, 1.807) is 10.9 Å². The largest absolute Gasteiger partial charge is 0.486 e. The second-order valence-corrected chi connectivity index (χ2v) is 4.37. The highest BCUT2D eigenvalue weighted by atomic mass is 19.1. The Morgan fingerprint density at radius 2 is 2.26 bits per heavy atom. The maximum Gasteiger partial charge on any atom is 0.153 e. The first-order chi connectivity index (χ1) is 9.10. The van der Waals surface area contributed by atoms with Crippen molar-refractivity contribution >= 4 is 6.29 Å². The minimum absolute atomic E-state index is 0.177. The highest BCUT2D eigenvalue weighted by Gasteiger charge is 2.07. The highest BCUT2D eigenvalue weighted by molar-refractivity contribution is 5.79. The number of nitrogens with zero attached hydrogens (tertiary/aromatic N) is 3. The molecule has 0 atom stereocenters. The molecule has 0 unspecified atom stereocenters. The van der Waals surface area contributed by atoms with E-state index in [0.29, 0.717) is 17.7 Å². The predicted octanol–water partition coefficient (Wildman–Crippen LogP) is 2.39. The number of benzene rings is 1. The van der Waals surface area contributed by atoms with Gasteiger partial charge in [0.05, 0.1) is 11.8 Å². The van der Waals surface area contributed by atoms with Crippen LogP contribution in [0, 0.1) is 5.82 Å². The lowest BCUT2D eigenvalue weighted by molar-refractivity contribution is 0.111. The fraction of sp³-hybridized carbons (Fsp3) is 0.308. The Kier molecular flexibility index (Phi) is 3.89.